The number of carboxylic acids is 1. The molecule has 0 aromatic heterocycles. The Morgan fingerprint density at radius 3 is 2.68 bits per heavy atom. The molecule has 0 amide bonds. The zero-order chi connectivity index (χ0) is 18.2. The van der Waals surface area contributed by atoms with Crippen LogP contribution in [0.3, 0.4) is 0 Å². The van der Waals surface area contributed by atoms with E-state index in [-0.39, 0.29) is 6.61 Å². The van der Waals surface area contributed by atoms with E-state index < -0.39 is 12.6 Å². The molecule has 0 atom stereocenters. The molecule has 0 fully saturated rings. The van der Waals surface area contributed by atoms with Crippen molar-refractivity contribution in [1.29, 1.82) is 0 Å². The van der Waals surface area contributed by atoms with Crippen LogP contribution in [0.2, 0.25) is 5.02 Å². The van der Waals surface area contributed by atoms with Crippen LogP contribution in [0.1, 0.15) is 16.7 Å². The van der Waals surface area contributed by atoms with Crippen LogP contribution in [0.5, 0.6) is 5.75 Å². The predicted octanol–water partition coefficient (Wildman–Crippen LogP) is 3.60. The SMILES string of the molecule is Cc1ccc(SCCO)cc1C#Cc1cc(Cl)ccc1OCC(=O)O. The van der Waals surface area contributed by atoms with Crippen molar-refractivity contribution in [2.75, 3.05) is 19.0 Å². The number of hydrogen-bond acceptors (Lipinski definition) is 4. The maximum atomic E-state index is 10.7. The molecule has 0 radical (unpaired) electrons. The lowest BCUT2D eigenvalue weighted by Crippen LogP contribution is -2.10. The normalized spacial score (nSPS) is 10.0. The van der Waals surface area contributed by atoms with Crippen LogP contribution in [-0.2, 0) is 4.79 Å². The highest BCUT2D eigenvalue weighted by atomic mass is 35.5. The molecule has 2 rings (SSSR count). The summed E-state index contributed by atoms with van der Waals surface area (Å²) in [6, 6.07) is 10.8. The number of rotatable bonds is 6. The van der Waals surface area contributed by atoms with Crippen LogP contribution in [-0.4, -0.2) is 35.1 Å². The van der Waals surface area contributed by atoms with Crippen molar-refractivity contribution in [2.24, 2.45) is 0 Å². The van der Waals surface area contributed by atoms with Crippen LogP contribution >= 0.6 is 23.4 Å². The molecule has 0 spiro atoms. The quantitative estimate of drug-likeness (QED) is 0.595. The lowest BCUT2D eigenvalue weighted by molar-refractivity contribution is -0.139. The summed E-state index contributed by atoms with van der Waals surface area (Å²) in [6.07, 6.45) is 0. The number of benzene rings is 2. The number of halogens is 1. The van der Waals surface area contributed by atoms with Gasteiger partial charge < -0.3 is 14.9 Å². The standard InChI is InChI=1S/C19H17ClO4S/c1-13-2-6-17(25-9-8-21)11-14(13)3-4-15-10-16(20)5-7-18(15)24-12-19(22)23/h2,5-7,10-11,21H,8-9,12H2,1H3,(H,22,23). The highest BCUT2D eigenvalue weighted by Gasteiger charge is 2.06. The Labute approximate surface area is 155 Å². The van der Waals surface area contributed by atoms with Crippen LogP contribution in [0.4, 0.5) is 0 Å². The first-order valence-electron chi connectivity index (χ1n) is 7.50. The topological polar surface area (TPSA) is 66.8 Å². The minimum Gasteiger partial charge on any atom is -0.481 e. The second-order valence-corrected chi connectivity index (χ2v) is 6.73. The molecule has 4 nitrogen and oxygen atoms in total. The molecule has 25 heavy (non-hydrogen) atoms. The van der Waals surface area contributed by atoms with Gasteiger partial charge in [-0.25, -0.2) is 4.79 Å². The van der Waals surface area contributed by atoms with Crippen LogP contribution in [0.25, 0.3) is 0 Å². The molecule has 0 unspecified atom stereocenters. The van der Waals surface area contributed by atoms with Gasteiger partial charge in [0.25, 0.3) is 0 Å². The largest absolute Gasteiger partial charge is 0.481 e. The number of aryl methyl sites for hydroxylation is 1. The van der Waals surface area contributed by atoms with Crippen molar-refractivity contribution in [3.05, 3.63) is 58.1 Å². The van der Waals surface area contributed by atoms with Gasteiger partial charge in [-0.05, 0) is 42.8 Å². The molecule has 0 aliphatic heterocycles. The number of aliphatic hydroxyl groups excluding tert-OH is 1. The molecule has 0 heterocycles. The average molecular weight is 377 g/mol. The van der Waals surface area contributed by atoms with Gasteiger partial charge in [0.1, 0.15) is 5.75 Å². The summed E-state index contributed by atoms with van der Waals surface area (Å²) < 4.78 is 5.26. The molecule has 0 saturated heterocycles. The van der Waals surface area contributed by atoms with Gasteiger partial charge in [-0.1, -0.05) is 29.5 Å². The fraction of sp³-hybridized carbons (Fsp3) is 0.211. The van der Waals surface area contributed by atoms with E-state index >= 15 is 0 Å². The second-order valence-electron chi connectivity index (χ2n) is 5.12. The third-order valence-corrected chi connectivity index (χ3v) is 4.40. The van der Waals surface area contributed by atoms with E-state index in [1.165, 1.54) is 0 Å². The number of thioether (sulfide) groups is 1. The number of aliphatic carboxylic acids is 1. The van der Waals surface area contributed by atoms with E-state index in [0.717, 1.165) is 16.0 Å². The van der Waals surface area contributed by atoms with E-state index in [9.17, 15) is 4.79 Å². The molecule has 0 saturated carbocycles. The summed E-state index contributed by atoms with van der Waals surface area (Å²) in [5.74, 6) is 6.04. The Morgan fingerprint density at radius 1 is 1.20 bits per heavy atom. The maximum Gasteiger partial charge on any atom is 0.341 e. The van der Waals surface area contributed by atoms with Gasteiger partial charge in [-0.15, -0.1) is 11.8 Å². The fourth-order valence-corrected chi connectivity index (χ4v) is 2.85. The van der Waals surface area contributed by atoms with Gasteiger partial charge in [0.05, 0.1) is 12.2 Å². The second kappa shape index (κ2) is 9.38. The Hall–Kier alpha value is -2.13. The van der Waals surface area contributed by atoms with Gasteiger partial charge in [0, 0.05) is 21.2 Å². The van der Waals surface area contributed by atoms with Crippen molar-refractivity contribution in [3.63, 3.8) is 0 Å². The van der Waals surface area contributed by atoms with E-state index in [1.54, 1.807) is 30.0 Å². The van der Waals surface area contributed by atoms with Crippen LogP contribution in [0.15, 0.2) is 41.3 Å². The Balaban J connectivity index is 2.31. The number of ether oxygens (including phenoxy) is 1. The van der Waals surface area contributed by atoms with Gasteiger partial charge in [0.15, 0.2) is 6.61 Å². The number of carbonyl (C=O) groups is 1. The van der Waals surface area contributed by atoms with Gasteiger partial charge in [0.2, 0.25) is 0 Å². The first kappa shape index (κ1) is 19.2. The molecule has 130 valence electrons. The van der Waals surface area contributed by atoms with Crippen LogP contribution in [0, 0.1) is 18.8 Å². The van der Waals surface area contributed by atoms with E-state index in [0.29, 0.717) is 22.1 Å². The maximum absolute atomic E-state index is 10.7. The van der Waals surface area contributed by atoms with Crippen molar-refractivity contribution in [1.82, 2.24) is 0 Å². The van der Waals surface area contributed by atoms with E-state index in [1.807, 2.05) is 25.1 Å². The molecule has 2 N–H and O–H groups in total. The highest BCUT2D eigenvalue weighted by molar-refractivity contribution is 7.99. The molecular formula is C19H17ClO4S. The molecule has 6 heteroatoms. The number of hydrogen-bond donors (Lipinski definition) is 2. The van der Waals surface area contributed by atoms with E-state index in [4.69, 9.17) is 26.6 Å². The van der Waals surface area contributed by atoms with Gasteiger partial charge in [-0.3, -0.25) is 0 Å². The lowest BCUT2D eigenvalue weighted by atomic mass is 10.1. The first-order valence-corrected chi connectivity index (χ1v) is 8.86. The molecule has 0 aliphatic rings. The Bertz CT molecular complexity index is 824. The summed E-state index contributed by atoms with van der Waals surface area (Å²) in [5.41, 5.74) is 2.41. The average Bonchev–Trinajstić information content (AvgIpc) is 2.59. The van der Waals surface area contributed by atoms with Crippen molar-refractivity contribution < 1.29 is 19.7 Å². The zero-order valence-electron chi connectivity index (χ0n) is 13.6. The van der Waals surface area contributed by atoms with E-state index in [2.05, 4.69) is 11.8 Å². The lowest BCUT2D eigenvalue weighted by Gasteiger charge is -2.06. The first-order chi connectivity index (χ1) is 12.0. The predicted molar refractivity (Wildman–Crippen MR) is 99.6 cm³/mol. The number of carboxylic acid groups (broad SMARTS) is 1. The molecular weight excluding hydrogens is 360 g/mol. The fourth-order valence-electron chi connectivity index (χ4n) is 1.99. The molecule has 2 aromatic carbocycles. The Morgan fingerprint density at radius 2 is 1.96 bits per heavy atom. The number of aliphatic hydroxyl groups is 1. The van der Waals surface area contributed by atoms with Crippen molar-refractivity contribution >= 4 is 29.3 Å². The zero-order valence-corrected chi connectivity index (χ0v) is 15.2. The summed E-state index contributed by atoms with van der Waals surface area (Å²) in [6.45, 7) is 1.64. The minimum atomic E-state index is -1.06. The summed E-state index contributed by atoms with van der Waals surface area (Å²) in [7, 11) is 0. The molecule has 0 aliphatic carbocycles. The van der Waals surface area contributed by atoms with Crippen molar-refractivity contribution in [2.45, 2.75) is 11.8 Å². The van der Waals surface area contributed by atoms with Crippen LogP contribution < -0.4 is 4.74 Å². The minimum absolute atomic E-state index is 0.117. The molecule has 0 bridgehead atoms. The van der Waals surface area contributed by atoms with Gasteiger partial charge >= 0.3 is 5.97 Å². The third-order valence-electron chi connectivity index (χ3n) is 3.19. The summed E-state index contributed by atoms with van der Waals surface area (Å²) in [5, 5.41) is 18.2. The molecule has 2 aromatic rings. The third kappa shape index (κ3) is 6.02. The summed E-state index contributed by atoms with van der Waals surface area (Å²) >= 11 is 7.56. The summed E-state index contributed by atoms with van der Waals surface area (Å²) in [4.78, 5) is 11.7. The van der Waals surface area contributed by atoms with Crippen molar-refractivity contribution in [3.8, 4) is 17.6 Å². The monoisotopic (exact) mass is 376 g/mol. The highest BCUT2D eigenvalue weighted by Crippen LogP contribution is 2.23. The van der Waals surface area contributed by atoms with Gasteiger partial charge in [-0.2, -0.15) is 0 Å². The smallest absolute Gasteiger partial charge is 0.341 e. The Kier molecular flexibility index (Phi) is 7.20.